The van der Waals surface area contributed by atoms with Crippen LogP contribution in [0.5, 0.6) is 0 Å². The molecule has 0 aliphatic carbocycles. The predicted molar refractivity (Wildman–Crippen MR) is 129 cm³/mol. The number of carbonyl (C=O) groups excluding carboxylic acids is 1. The van der Waals surface area contributed by atoms with E-state index in [9.17, 15) is 35.9 Å². The summed E-state index contributed by atoms with van der Waals surface area (Å²) in [5, 5.41) is 0.494. The Morgan fingerprint density at radius 3 is 2.18 bits per heavy atom. The molecule has 3 aromatic rings. The number of nitrogens with zero attached hydrogens (tertiary/aromatic N) is 4. The zero-order valence-electron chi connectivity index (χ0n) is 20.9. The second kappa shape index (κ2) is 10.0. The van der Waals surface area contributed by atoms with E-state index >= 15 is 0 Å². The number of rotatable bonds is 4. The van der Waals surface area contributed by atoms with E-state index < -0.39 is 41.0 Å². The normalized spacial score (nSPS) is 18.1. The van der Waals surface area contributed by atoms with Crippen molar-refractivity contribution in [1.29, 1.82) is 0 Å². The molecule has 12 heteroatoms. The number of hydrogen-bond donors (Lipinski definition) is 0. The maximum atomic E-state index is 13.3. The molecule has 4 rings (SSSR count). The highest BCUT2D eigenvalue weighted by atomic mass is 19.4. The average Bonchev–Trinajstić information content (AvgIpc) is 2.86. The lowest BCUT2D eigenvalue weighted by Crippen LogP contribution is -2.54. The highest BCUT2D eigenvalue weighted by Crippen LogP contribution is 2.37. The molecule has 1 aliphatic heterocycles. The van der Waals surface area contributed by atoms with Crippen molar-refractivity contribution >= 4 is 16.8 Å². The lowest BCUT2D eigenvalue weighted by Gasteiger charge is -2.42. The summed E-state index contributed by atoms with van der Waals surface area (Å²) in [7, 11) is 0. The molecule has 0 saturated carbocycles. The van der Waals surface area contributed by atoms with Crippen LogP contribution in [0.25, 0.3) is 10.9 Å². The molecule has 0 spiro atoms. The summed E-state index contributed by atoms with van der Waals surface area (Å²) < 4.78 is 81.2. The molecule has 0 radical (unpaired) electrons. The molecule has 2 atom stereocenters. The SMILES string of the molecule is CCn1c(C(C)N2CCN(C(=O)c3cc(C(F)(F)F)cc(C(F)(F)F)c3)C(C)C2)nc2ccccc2c1=O. The lowest BCUT2D eigenvalue weighted by atomic mass is 10.0. The second-order valence-electron chi connectivity index (χ2n) is 9.35. The van der Waals surface area contributed by atoms with Crippen LogP contribution in [-0.4, -0.2) is 50.9 Å². The first-order valence-electron chi connectivity index (χ1n) is 12.1. The Morgan fingerprint density at radius 2 is 1.63 bits per heavy atom. The van der Waals surface area contributed by atoms with Gasteiger partial charge in [-0.05, 0) is 51.1 Å². The van der Waals surface area contributed by atoms with E-state index in [1.54, 1.807) is 35.8 Å². The van der Waals surface area contributed by atoms with Crippen molar-refractivity contribution in [2.45, 2.75) is 51.8 Å². The first kappa shape index (κ1) is 27.6. The van der Waals surface area contributed by atoms with Crippen molar-refractivity contribution in [2.75, 3.05) is 19.6 Å². The van der Waals surface area contributed by atoms with Crippen molar-refractivity contribution in [3.05, 3.63) is 75.3 Å². The fourth-order valence-corrected chi connectivity index (χ4v) is 4.86. The van der Waals surface area contributed by atoms with Gasteiger partial charge in [-0.2, -0.15) is 26.3 Å². The van der Waals surface area contributed by atoms with Gasteiger partial charge in [-0.1, -0.05) is 12.1 Å². The summed E-state index contributed by atoms with van der Waals surface area (Å²) in [4.78, 5) is 34.1. The number of alkyl halides is 6. The third-order valence-electron chi connectivity index (χ3n) is 6.88. The maximum Gasteiger partial charge on any atom is 0.416 e. The number of amides is 1. The van der Waals surface area contributed by atoms with E-state index in [1.165, 1.54) is 4.90 Å². The quantitative estimate of drug-likeness (QED) is 0.418. The Bertz CT molecular complexity index is 1380. The number of halogens is 6. The number of benzene rings is 2. The van der Waals surface area contributed by atoms with Gasteiger partial charge in [0.05, 0.1) is 28.1 Å². The summed E-state index contributed by atoms with van der Waals surface area (Å²) >= 11 is 0. The minimum atomic E-state index is -5.04. The number of aromatic nitrogens is 2. The Labute approximate surface area is 214 Å². The highest BCUT2D eigenvalue weighted by Gasteiger charge is 2.39. The van der Waals surface area contributed by atoms with Crippen molar-refractivity contribution in [1.82, 2.24) is 19.4 Å². The van der Waals surface area contributed by atoms with E-state index in [0.29, 0.717) is 35.4 Å². The van der Waals surface area contributed by atoms with Crippen molar-refractivity contribution < 1.29 is 31.1 Å². The van der Waals surface area contributed by atoms with Crippen LogP contribution < -0.4 is 5.56 Å². The number of fused-ring (bicyclic) bond motifs is 1. The molecule has 1 aliphatic rings. The smallest absolute Gasteiger partial charge is 0.333 e. The second-order valence-corrected chi connectivity index (χ2v) is 9.35. The first-order valence-corrected chi connectivity index (χ1v) is 12.1. The van der Waals surface area contributed by atoms with Crippen LogP contribution in [0.2, 0.25) is 0 Å². The van der Waals surface area contributed by atoms with Gasteiger partial charge in [0, 0.05) is 37.8 Å². The van der Waals surface area contributed by atoms with E-state index in [2.05, 4.69) is 0 Å². The van der Waals surface area contributed by atoms with Crippen LogP contribution in [0.15, 0.2) is 47.3 Å². The van der Waals surface area contributed by atoms with Gasteiger partial charge in [0.15, 0.2) is 0 Å². The van der Waals surface area contributed by atoms with E-state index in [0.717, 1.165) is 0 Å². The number of para-hydroxylation sites is 1. The fraction of sp³-hybridized carbons (Fsp3) is 0.423. The molecule has 1 fully saturated rings. The zero-order chi connectivity index (χ0) is 28.0. The molecule has 38 heavy (non-hydrogen) atoms. The monoisotopic (exact) mass is 540 g/mol. The summed E-state index contributed by atoms with van der Waals surface area (Å²) in [6, 6.07) is 7.05. The van der Waals surface area contributed by atoms with Crippen molar-refractivity contribution in [2.24, 2.45) is 0 Å². The first-order chi connectivity index (χ1) is 17.7. The van der Waals surface area contributed by atoms with Gasteiger partial charge in [0.25, 0.3) is 11.5 Å². The molecule has 2 unspecified atom stereocenters. The molecule has 0 N–H and O–H groups in total. The van der Waals surface area contributed by atoms with Crippen LogP contribution >= 0.6 is 0 Å². The minimum Gasteiger partial charge on any atom is -0.333 e. The average molecular weight is 541 g/mol. The lowest BCUT2D eigenvalue weighted by molar-refractivity contribution is -0.143. The number of carbonyl (C=O) groups is 1. The fourth-order valence-electron chi connectivity index (χ4n) is 4.86. The van der Waals surface area contributed by atoms with E-state index in [4.69, 9.17) is 4.98 Å². The van der Waals surface area contributed by atoms with Gasteiger partial charge in [0.1, 0.15) is 5.82 Å². The standard InChI is InChI=1S/C26H26F6N4O2/c1-4-35-22(33-21-8-6-5-7-20(21)24(35)38)16(3)34-9-10-36(15(2)14-34)23(37)17-11-18(25(27,28)29)13-19(12-17)26(30,31)32/h5-8,11-13,15-16H,4,9-10,14H2,1-3H3. The third kappa shape index (κ3) is 5.27. The molecule has 204 valence electrons. The highest BCUT2D eigenvalue weighted by molar-refractivity contribution is 5.95. The largest absolute Gasteiger partial charge is 0.416 e. The van der Waals surface area contributed by atoms with Gasteiger partial charge in [-0.25, -0.2) is 4.98 Å². The molecule has 2 heterocycles. The summed E-state index contributed by atoms with van der Waals surface area (Å²) in [6.45, 7) is 6.41. The van der Waals surface area contributed by atoms with Gasteiger partial charge in [0.2, 0.25) is 0 Å². The molecule has 1 saturated heterocycles. The minimum absolute atomic E-state index is 0.00362. The predicted octanol–water partition coefficient (Wildman–Crippen LogP) is 5.36. The van der Waals surface area contributed by atoms with Gasteiger partial charge in [-0.15, -0.1) is 0 Å². The summed E-state index contributed by atoms with van der Waals surface area (Å²) in [5.74, 6) is -0.369. The van der Waals surface area contributed by atoms with Crippen LogP contribution in [0.4, 0.5) is 26.3 Å². The van der Waals surface area contributed by atoms with E-state index in [-0.39, 0.29) is 37.3 Å². The Morgan fingerprint density at radius 1 is 1.03 bits per heavy atom. The van der Waals surface area contributed by atoms with Crippen molar-refractivity contribution in [3.63, 3.8) is 0 Å². The molecule has 1 amide bonds. The molecular weight excluding hydrogens is 514 g/mol. The molecule has 2 aromatic carbocycles. The van der Waals surface area contributed by atoms with Crippen LogP contribution in [0, 0.1) is 0 Å². The third-order valence-corrected chi connectivity index (χ3v) is 6.88. The Balaban J connectivity index is 1.60. The Hall–Kier alpha value is -3.41. The summed E-state index contributed by atoms with van der Waals surface area (Å²) in [5.41, 5.74) is -3.36. The zero-order valence-corrected chi connectivity index (χ0v) is 20.9. The van der Waals surface area contributed by atoms with Crippen LogP contribution in [0.3, 0.4) is 0 Å². The van der Waals surface area contributed by atoms with Crippen LogP contribution in [-0.2, 0) is 18.9 Å². The van der Waals surface area contributed by atoms with Crippen LogP contribution in [0.1, 0.15) is 54.1 Å². The molecule has 6 nitrogen and oxygen atoms in total. The maximum absolute atomic E-state index is 13.3. The van der Waals surface area contributed by atoms with Gasteiger partial charge in [-0.3, -0.25) is 19.1 Å². The molecular formula is C26H26F6N4O2. The summed E-state index contributed by atoms with van der Waals surface area (Å²) in [6.07, 6.45) is -10.1. The number of hydrogen-bond acceptors (Lipinski definition) is 4. The Kier molecular flexibility index (Phi) is 7.30. The van der Waals surface area contributed by atoms with E-state index in [1.807, 2.05) is 18.7 Å². The van der Waals surface area contributed by atoms with Gasteiger partial charge < -0.3 is 4.90 Å². The molecule has 1 aromatic heterocycles. The van der Waals surface area contributed by atoms with Gasteiger partial charge >= 0.3 is 12.4 Å². The topological polar surface area (TPSA) is 58.4 Å². The van der Waals surface area contributed by atoms with Crippen molar-refractivity contribution in [3.8, 4) is 0 Å². The molecule has 0 bridgehead atoms. The number of piperazine rings is 1.